The summed E-state index contributed by atoms with van der Waals surface area (Å²) in [5.41, 5.74) is 0. The predicted octanol–water partition coefficient (Wildman–Crippen LogP) is 3.74. The first-order valence-electron chi connectivity index (χ1n) is 9.08. The van der Waals surface area contributed by atoms with Crippen LogP contribution in [-0.2, 0) is 0 Å². The largest absolute Gasteiger partial charge is 0.164 e. The van der Waals surface area contributed by atoms with E-state index in [9.17, 15) is 0 Å². The summed E-state index contributed by atoms with van der Waals surface area (Å²) in [4.78, 5) is 0. The monoisotopic (exact) mass is 338 g/mol. The Morgan fingerprint density at radius 1 is 0.826 bits per heavy atom. The molecule has 0 aliphatic heterocycles. The van der Waals surface area contributed by atoms with E-state index >= 15 is 0 Å². The lowest BCUT2D eigenvalue weighted by atomic mass is 9.90. The second-order valence-electron chi connectivity index (χ2n) is 7.35. The van der Waals surface area contributed by atoms with Gasteiger partial charge in [0.2, 0.25) is 0 Å². The molecule has 0 saturated heterocycles. The minimum Gasteiger partial charge on any atom is -0.164 e. The highest BCUT2D eigenvalue weighted by Gasteiger charge is 2.39. The van der Waals surface area contributed by atoms with Crippen LogP contribution in [0, 0.1) is 17.8 Å². The summed E-state index contributed by atoms with van der Waals surface area (Å²) in [6.07, 6.45) is 6.12. The minimum absolute atomic E-state index is 1.03. The standard InChI is InChI=1S/C21H26SSi/c1-3-7-20(8-4-1)23(21-9-5-2-6-10-21)16-22-15-19-14-17-11-12-18(19)13-17/h1-10,17-19,23H,11-16H2/t17-,18+,19?/m0/s1. The van der Waals surface area contributed by atoms with Crippen molar-refractivity contribution < 1.29 is 0 Å². The summed E-state index contributed by atoms with van der Waals surface area (Å²) in [7, 11) is -1.07. The van der Waals surface area contributed by atoms with Crippen LogP contribution in [0.5, 0.6) is 0 Å². The molecule has 120 valence electrons. The van der Waals surface area contributed by atoms with Crippen LogP contribution in [0.2, 0.25) is 0 Å². The number of fused-ring (bicyclic) bond motifs is 2. The molecule has 0 N–H and O–H groups in total. The topological polar surface area (TPSA) is 0 Å². The maximum absolute atomic E-state index is 2.35. The minimum atomic E-state index is -1.07. The SMILES string of the molecule is c1ccc([SiH](CSCC2C[C@H]3CC[C@@H]2C3)c2ccccc2)cc1. The van der Waals surface area contributed by atoms with E-state index < -0.39 is 8.80 Å². The summed E-state index contributed by atoms with van der Waals surface area (Å²) >= 11 is 2.25. The second-order valence-corrected chi connectivity index (χ2v) is 11.9. The fourth-order valence-electron chi connectivity index (χ4n) is 4.67. The van der Waals surface area contributed by atoms with Crippen molar-refractivity contribution in [2.75, 3.05) is 11.1 Å². The van der Waals surface area contributed by atoms with E-state index in [0.717, 1.165) is 17.8 Å². The maximum Gasteiger partial charge on any atom is 0.112 e. The molecular weight excluding hydrogens is 312 g/mol. The number of benzene rings is 2. The third-order valence-corrected chi connectivity index (χ3v) is 11.2. The molecule has 2 aliphatic rings. The van der Waals surface area contributed by atoms with Gasteiger partial charge in [-0.1, -0.05) is 77.5 Å². The Bertz CT molecular complexity index is 573. The van der Waals surface area contributed by atoms with Crippen LogP contribution >= 0.6 is 11.8 Å². The lowest BCUT2D eigenvalue weighted by molar-refractivity contribution is 0.366. The molecule has 1 unspecified atom stereocenters. The average molecular weight is 339 g/mol. The van der Waals surface area contributed by atoms with Gasteiger partial charge in [0.1, 0.15) is 8.80 Å². The molecule has 2 saturated carbocycles. The Labute approximate surface area is 146 Å². The van der Waals surface area contributed by atoms with Crippen molar-refractivity contribution in [3.8, 4) is 0 Å². The van der Waals surface area contributed by atoms with Gasteiger partial charge in [0.15, 0.2) is 0 Å². The van der Waals surface area contributed by atoms with Gasteiger partial charge in [-0.15, -0.1) is 0 Å². The van der Waals surface area contributed by atoms with Crippen LogP contribution in [0.25, 0.3) is 0 Å². The molecule has 2 fully saturated rings. The van der Waals surface area contributed by atoms with E-state index in [1.54, 1.807) is 16.8 Å². The van der Waals surface area contributed by atoms with Gasteiger partial charge in [0.25, 0.3) is 0 Å². The summed E-state index contributed by atoms with van der Waals surface area (Å²) in [5, 5.41) is 4.54. The molecule has 2 heteroatoms. The highest BCUT2D eigenvalue weighted by molar-refractivity contribution is 8.00. The Morgan fingerprint density at radius 2 is 1.48 bits per heavy atom. The van der Waals surface area contributed by atoms with Gasteiger partial charge in [-0.25, -0.2) is 0 Å². The number of rotatable bonds is 6. The molecule has 0 radical (unpaired) electrons. The molecule has 23 heavy (non-hydrogen) atoms. The van der Waals surface area contributed by atoms with E-state index in [1.807, 2.05) is 0 Å². The zero-order valence-corrected chi connectivity index (χ0v) is 15.7. The van der Waals surface area contributed by atoms with Crippen LogP contribution in [0.4, 0.5) is 0 Å². The van der Waals surface area contributed by atoms with Gasteiger partial charge in [-0.3, -0.25) is 0 Å². The lowest BCUT2D eigenvalue weighted by Gasteiger charge is -2.22. The Kier molecular flexibility index (Phi) is 4.91. The number of hydrogen-bond acceptors (Lipinski definition) is 1. The van der Waals surface area contributed by atoms with E-state index in [4.69, 9.17) is 0 Å². The quantitative estimate of drug-likeness (QED) is 0.723. The van der Waals surface area contributed by atoms with Gasteiger partial charge >= 0.3 is 0 Å². The zero-order chi connectivity index (χ0) is 15.5. The molecule has 2 aliphatic carbocycles. The molecule has 0 heterocycles. The molecule has 3 atom stereocenters. The maximum atomic E-state index is 2.35. The molecule has 2 aromatic rings. The van der Waals surface area contributed by atoms with Crippen LogP contribution in [0.1, 0.15) is 25.7 Å². The third-order valence-electron chi connectivity index (χ3n) is 5.90. The molecule has 0 aromatic heterocycles. The molecule has 2 aromatic carbocycles. The molecule has 0 nitrogen and oxygen atoms in total. The van der Waals surface area contributed by atoms with E-state index in [2.05, 4.69) is 72.4 Å². The van der Waals surface area contributed by atoms with Crippen LogP contribution in [-0.4, -0.2) is 19.9 Å². The lowest BCUT2D eigenvalue weighted by Crippen LogP contribution is -2.44. The fraction of sp³-hybridized carbons (Fsp3) is 0.429. The smallest absolute Gasteiger partial charge is 0.112 e. The number of thioether (sulfide) groups is 1. The van der Waals surface area contributed by atoms with E-state index in [-0.39, 0.29) is 0 Å². The molecule has 4 rings (SSSR count). The van der Waals surface area contributed by atoms with Crippen molar-refractivity contribution >= 4 is 30.9 Å². The summed E-state index contributed by atoms with van der Waals surface area (Å²) < 4.78 is 0. The van der Waals surface area contributed by atoms with Crippen molar-refractivity contribution in [1.29, 1.82) is 0 Å². The van der Waals surface area contributed by atoms with Crippen molar-refractivity contribution in [2.24, 2.45) is 17.8 Å². The molecule has 0 amide bonds. The Balaban J connectivity index is 1.42. The highest BCUT2D eigenvalue weighted by Crippen LogP contribution is 2.49. The molecule has 2 bridgehead atoms. The Hall–Kier alpha value is -0.993. The predicted molar refractivity (Wildman–Crippen MR) is 106 cm³/mol. The van der Waals surface area contributed by atoms with Crippen molar-refractivity contribution in [2.45, 2.75) is 25.7 Å². The first kappa shape index (κ1) is 15.5. The van der Waals surface area contributed by atoms with Crippen LogP contribution < -0.4 is 10.4 Å². The van der Waals surface area contributed by atoms with Crippen LogP contribution in [0.3, 0.4) is 0 Å². The first-order valence-corrected chi connectivity index (χ1v) is 12.2. The van der Waals surface area contributed by atoms with Gasteiger partial charge in [0.05, 0.1) is 0 Å². The van der Waals surface area contributed by atoms with Crippen molar-refractivity contribution in [3.63, 3.8) is 0 Å². The van der Waals surface area contributed by atoms with Gasteiger partial charge in [-0.05, 0) is 48.1 Å². The number of hydrogen-bond donors (Lipinski definition) is 0. The third kappa shape index (κ3) is 3.59. The van der Waals surface area contributed by atoms with E-state index in [0.29, 0.717) is 0 Å². The molecule has 0 spiro atoms. The Morgan fingerprint density at radius 3 is 2.00 bits per heavy atom. The van der Waals surface area contributed by atoms with Gasteiger partial charge in [0, 0.05) is 0 Å². The fourth-order valence-corrected chi connectivity index (χ4v) is 10.2. The summed E-state index contributed by atoms with van der Waals surface area (Å²) in [6.45, 7) is 0. The van der Waals surface area contributed by atoms with Gasteiger partial charge in [-0.2, -0.15) is 11.8 Å². The summed E-state index contributed by atoms with van der Waals surface area (Å²) in [6, 6.07) is 22.5. The molecular formula is C21H26SSi. The average Bonchev–Trinajstić information content (AvgIpc) is 3.23. The zero-order valence-electron chi connectivity index (χ0n) is 13.7. The normalized spacial score (nSPS) is 26.0. The second kappa shape index (κ2) is 7.27. The summed E-state index contributed by atoms with van der Waals surface area (Å²) in [5.74, 6) is 4.59. The van der Waals surface area contributed by atoms with Crippen molar-refractivity contribution in [3.05, 3.63) is 60.7 Å². The van der Waals surface area contributed by atoms with Crippen LogP contribution in [0.15, 0.2) is 60.7 Å². The van der Waals surface area contributed by atoms with Crippen molar-refractivity contribution in [1.82, 2.24) is 0 Å². The highest BCUT2D eigenvalue weighted by atomic mass is 32.2. The first-order chi connectivity index (χ1) is 11.4. The van der Waals surface area contributed by atoms with E-state index in [1.165, 1.54) is 30.4 Å². The van der Waals surface area contributed by atoms with Gasteiger partial charge < -0.3 is 0 Å².